The molecular weight excluding hydrogens is 126 g/mol. The molecule has 2 heteroatoms. The SMILES string of the molecule is CC(C)CC=O.CN(C)C. The Morgan fingerprint density at radius 1 is 1.30 bits per heavy atom. The summed E-state index contributed by atoms with van der Waals surface area (Å²) in [4.78, 5) is 11.6. The Morgan fingerprint density at radius 3 is 1.60 bits per heavy atom. The molecule has 0 N–H and O–H groups in total. The van der Waals surface area contributed by atoms with Gasteiger partial charge in [0.05, 0.1) is 0 Å². The second-order valence-electron chi connectivity index (χ2n) is 3.14. The molecule has 0 aliphatic heterocycles. The second-order valence-corrected chi connectivity index (χ2v) is 3.14. The fourth-order valence-corrected chi connectivity index (χ4v) is 0.192. The van der Waals surface area contributed by atoms with E-state index in [9.17, 15) is 4.79 Å². The number of hydrogen-bond donors (Lipinski definition) is 0. The van der Waals surface area contributed by atoms with Gasteiger partial charge in [0.2, 0.25) is 0 Å². The van der Waals surface area contributed by atoms with Crippen molar-refractivity contribution in [3.8, 4) is 0 Å². The predicted octanol–water partition coefficient (Wildman–Crippen LogP) is 1.41. The van der Waals surface area contributed by atoms with Gasteiger partial charge in [-0.1, -0.05) is 13.8 Å². The summed E-state index contributed by atoms with van der Waals surface area (Å²) in [6, 6.07) is 0. The zero-order valence-electron chi connectivity index (χ0n) is 7.72. The van der Waals surface area contributed by atoms with Crippen molar-refractivity contribution in [2.45, 2.75) is 20.3 Å². The van der Waals surface area contributed by atoms with E-state index in [-0.39, 0.29) is 0 Å². The van der Waals surface area contributed by atoms with Crippen molar-refractivity contribution in [1.82, 2.24) is 4.90 Å². The van der Waals surface area contributed by atoms with Crippen molar-refractivity contribution in [3.63, 3.8) is 0 Å². The van der Waals surface area contributed by atoms with Crippen LogP contribution in [0.3, 0.4) is 0 Å². The second kappa shape index (κ2) is 8.63. The maximum absolute atomic E-state index is 9.62. The molecule has 0 aromatic heterocycles. The van der Waals surface area contributed by atoms with Crippen molar-refractivity contribution in [2.75, 3.05) is 21.1 Å². The summed E-state index contributed by atoms with van der Waals surface area (Å²) in [5, 5.41) is 0. The largest absolute Gasteiger partial charge is 0.312 e. The molecule has 0 saturated carbocycles. The number of nitrogens with zero attached hydrogens (tertiary/aromatic N) is 1. The van der Waals surface area contributed by atoms with Crippen LogP contribution >= 0.6 is 0 Å². The van der Waals surface area contributed by atoms with Crippen molar-refractivity contribution in [1.29, 1.82) is 0 Å². The van der Waals surface area contributed by atoms with Gasteiger partial charge in [0, 0.05) is 6.42 Å². The molecule has 0 amide bonds. The van der Waals surface area contributed by atoms with Crippen LogP contribution in [0.25, 0.3) is 0 Å². The van der Waals surface area contributed by atoms with Gasteiger partial charge >= 0.3 is 0 Å². The number of rotatable bonds is 2. The summed E-state index contributed by atoms with van der Waals surface area (Å²) in [6.45, 7) is 4.04. The number of carbonyl (C=O) groups excluding carboxylic acids is 1. The molecule has 0 atom stereocenters. The summed E-state index contributed by atoms with van der Waals surface area (Å²) in [5.74, 6) is 0.530. The van der Waals surface area contributed by atoms with Crippen LogP contribution in [-0.2, 0) is 4.79 Å². The van der Waals surface area contributed by atoms with E-state index in [1.54, 1.807) is 0 Å². The monoisotopic (exact) mass is 145 g/mol. The van der Waals surface area contributed by atoms with Crippen LogP contribution in [0.5, 0.6) is 0 Å². The van der Waals surface area contributed by atoms with Gasteiger partial charge in [-0.05, 0) is 27.1 Å². The first-order valence-corrected chi connectivity index (χ1v) is 3.55. The number of hydrogen-bond acceptors (Lipinski definition) is 2. The Balaban J connectivity index is 0. The molecular formula is C8H19NO. The maximum Gasteiger partial charge on any atom is 0.120 e. The van der Waals surface area contributed by atoms with Crippen molar-refractivity contribution in [2.24, 2.45) is 5.92 Å². The first kappa shape index (κ1) is 12.3. The van der Waals surface area contributed by atoms with Crippen LogP contribution in [0.15, 0.2) is 0 Å². The smallest absolute Gasteiger partial charge is 0.120 e. The third-order valence-corrected chi connectivity index (χ3v) is 0.568. The molecule has 0 aromatic carbocycles. The summed E-state index contributed by atoms with van der Waals surface area (Å²) >= 11 is 0. The fraction of sp³-hybridized carbons (Fsp3) is 0.875. The molecule has 2 nitrogen and oxygen atoms in total. The highest BCUT2D eigenvalue weighted by molar-refractivity contribution is 5.49. The van der Waals surface area contributed by atoms with E-state index < -0.39 is 0 Å². The Labute approximate surface area is 64.2 Å². The fourth-order valence-electron chi connectivity index (χ4n) is 0.192. The molecule has 0 unspecified atom stereocenters. The molecule has 0 radical (unpaired) electrons. The highest BCUT2D eigenvalue weighted by Gasteiger charge is 1.85. The lowest BCUT2D eigenvalue weighted by Gasteiger charge is -1.90. The molecule has 0 rings (SSSR count). The first-order chi connectivity index (χ1) is 4.50. The molecule has 62 valence electrons. The van der Waals surface area contributed by atoms with Crippen LogP contribution in [0.1, 0.15) is 20.3 Å². The molecule has 0 aromatic rings. The van der Waals surface area contributed by atoms with Crippen LogP contribution in [-0.4, -0.2) is 32.3 Å². The zero-order valence-corrected chi connectivity index (χ0v) is 7.72. The summed E-state index contributed by atoms with van der Waals surface area (Å²) in [5.41, 5.74) is 0. The van der Waals surface area contributed by atoms with E-state index in [1.165, 1.54) is 0 Å². The van der Waals surface area contributed by atoms with E-state index in [2.05, 4.69) is 0 Å². The quantitative estimate of drug-likeness (QED) is 0.547. The molecule has 0 aliphatic rings. The van der Waals surface area contributed by atoms with E-state index in [4.69, 9.17) is 0 Å². The molecule has 0 bridgehead atoms. The predicted molar refractivity (Wildman–Crippen MR) is 45.1 cm³/mol. The lowest BCUT2D eigenvalue weighted by Crippen LogP contribution is -1.99. The lowest BCUT2D eigenvalue weighted by atomic mass is 10.2. The van der Waals surface area contributed by atoms with Crippen LogP contribution in [0.2, 0.25) is 0 Å². The minimum absolute atomic E-state index is 0.530. The van der Waals surface area contributed by atoms with Gasteiger partial charge in [-0.15, -0.1) is 0 Å². The minimum Gasteiger partial charge on any atom is -0.312 e. The van der Waals surface area contributed by atoms with Gasteiger partial charge < -0.3 is 9.69 Å². The zero-order chi connectivity index (χ0) is 8.57. The molecule has 0 saturated heterocycles. The van der Waals surface area contributed by atoms with E-state index in [0.717, 1.165) is 6.29 Å². The first-order valence-electron chi connectivity index (χ1n) is 3.55. The Bertz CT molecular complexity index is 66.9. The number of carbonyl (C=O) groups is 1. The van der Waals surface area contributed by atoms with Crippen LogP contribution in [0.4, 0.5) is 0 Å². The Kier molecular flexibility index (Phi) is 10.6. The van der Waals surface area contributed by atoms with Crippen molar-refractivity contribution in [3.05, 3.63) is 0 Å². The standard InChI is InChI=1S/C5H10O.C3H9N/c1-5(2)3-4-6;1-4(2)3/h4-5H,3H2,1-2H3;1-3H3. The Morgan fingerprint density at radius 2 is 1.60 bits per heavy atom. The van der Waals surface area contributed by atoms with Gasteiger partial charge in [0.25, 0.3) is 0 Å². The highest BCUT2D eigenvalue weighted by atomic mass is 16.1. The van der Waals surface area contributed by atoms with Gasteiger partial charge in [0.15, 0.2) is 0 Å². The van der Waals surface area contributed by atoms with Crippen molar-refractivity contribution < 1.29 is 4.79 Å². The Hall–Kier alpha value is -0.370. The molecule has 0 spiro atoms. The van der Waals surface area contributed by atoms with Crippen molar-refractivity contribution >= 4 is 6.29 Å². The highest BCUT2D eigenvalue weighted by Crippen LogP contribution is 1.92. The molecule has 0 heterocycles. The van der Waals surface area contributed by atoms with E-state index in [0.29, 0.717) is 12.3 Å². The minimum atomic E-state index is 0.530. The topological polar surface area (TPSA) is 20.3 Å². The van der Waals surface area contributed by atoms with Gasteiger partial charge in [0.1, 0.15) is 6.29 Å². The van der Waals surface area contributed by atoms with Gasteiger partial charge in [-0.2, -0.15) is 0 Å². The van der Waals surface area contributed by atoms with E-state index >= 15 is 0 Å². The summed E-state index contributed by atoms with van der Waals surface area (Å²) < 4.78 is 0. The summed E-state index contributed by atoms with van der Waals surface area (Å²) in [6.07, 6.45) is 1.64. The molecule has 0 fully saturated rings. The molecule has 10 heavy (non-hydrogen) atoms. The number of aldehydes is 1. The van der Waals surface area contributed by atoms with Gasteiger partial charge in [-0.3, -0.25) is 0 Å². The third-order valence-electron chi connectivity index (χ3n) is 0.568. The average molecular weight is 145 g/mol. The van der Waals surface area contributed by atoms with Crippen LogP contribution in [0, 0.1) is 5.92 Å². The van der Waals surface area contributed by atoms with Gasteiger partial charge in [-0.25, -0.2) is 0 Å². The molecule has 0 aliphatic carbocycles. The lowest BCUT2D eigenvalue weighted by molar-refractivity contribution is -0.108. The normalized spacial score (nSPS) is 9.10. The van der Waals surface area contributed by atoms with E-state index in [1.807, 2.05) is 39.9 Å². The maximum atomic E-state index is 9.62. The average Bonchev–Trinajstić information content (AvgIpc) is 1.62. The summed E-state index contributed by atoms with van der Waals surface area (Å²) in [7, 11) is 6.00. The van der Waals surface area contributed by atoms with Crippen LogP contribution < -0.4 is 0 Å². The third kappa shape index (κ3) is 48.5.